The maximum atomic E-state index is 12.7. The van der Waals surface area contributed by atoms with Gasteiger partial charge in [0.25, 0.3) is 11.6 Å². The van der Waals surface area contributed by atoms with Crippen molar-refractivity contribution in [3.05, 3.63) is 39.4 Å². The van der Waals surface area contributed by atoms with Gasteiger partial charge in [-0.15, -0.1) is 0 Å². The predicted molar refractivity (Wildman–Crippen MR) is 82.9 cm³/mol. The van der Waals surface area contributed by atoms with Crippen molar-refractivity contribution >= 4 is 11.6 Å². The number of carbonyl (C=O) groups is 1. The van der Waals surface area contributed by atoms with Crippen molar-refractivity contribution in [3.8, 4) is 0 Å². The summed E-state index contributed by atoms with van der Waals surface area (Å²) >= 11 is 0. The highest BCUT2D eigenvalue weighted by Crippen LogP contribution is 2.24. The highest BCUT2D eigenvalue weighted by molar-refractivity contribution is 5.94. The molecule has 1 amide bonds. The zero-order valence-corrected chi connectivity index (χ0v) is 12.8. The van der Waals surface area contributed by atoms with Gasteiger partial charge in [-0.25, -0.2) is 0 Å². The number of hydrogen-bond donors (Lipinski definition) is 0. The van der Waals surface area contributed by atoms with Crippen LogP contribution < -0.4 is 0 Å². The Kier molecular flexibility index (Phi) is 4.11. The van der Waals surface area contributed by atoms with Crippen LogP contribution >= 0.6 is 0 Å². The zero-order chi connectivity index (χ0) is 15.7. The van der Waals surface area contributed by atoms with Gasteiger partial charge in [0.15, 0.2) is 0 Å². The molecular formula is C16H21N3O3. The van der Waals surface area contributed by atoms with Crippen LogP contribution in [-0.2, 0) is 0 Å². The molecule has 0 aliphatic carbocycles. The van der Waals surface area contributed by atoms with Gasteiger partial charge in [-0.2, -0.15) is 0 Å². The minimum absolute atomic E-state index is 0.00764. The highest BCUT2D eigenvalue weighted by atomic mass is 16.6. The number of benzene rings is 1. The molecule has 2 fully saturated rings. The van der Waals surface area contributed by atoms with Gasteiger partial charge in [0.1, 0.15) is 0 Å². The second-order valence-corrected chi connectivity index (χ2v) is 6.20. The molecule has 22 heavy (non-hydrogen) atoms. The highest BCUT2D eigenvalue weighted by Gasteiger charge is 2.31. The van der Waals surface area contributed by atoms with Crippen LogP contribution in [0.2, 0.25) is 0 Å². The molecule has 2 saturated heterocycles. The maximum Gasteiger partial charge on any atom is 0.272 e. The number of carbonyl (C=O) groups excluding carboxylic acids is 1. The molecule has 1 atom stereocenters. The van der Waals surface area contributed by atoms with E-state index in [0.29, 0.717) is 17.2 Å². The van der Waals surface area contributed by atoms with Gasteiger partial charge in [-0.1, -0.05) is 0 Å². The minimum Gasteiger partial charge on any atom is -0.337 e. The van der Waals surface area contributed by atoms with Crippen molar-refractivity contribution in [2.75, 3.05) is 26.2 Å². The fourth-order valence-electron chi connectivity index (χ4n) is 3.57. The third-order valence-electron chi connectivity index (χ3n) is 4.73. The van der Waals surface area contributed by atoms with Gasteiger partial charge in [0, 0.05) is 42.9 Å². The Hall–Kier alpha value is -1.95. The maximum absolute atomic E-state index is 12.7. The first-order valence-electron chi connectivity index (χ1n) is 7.84. The summed E-state index contributed by atoms with van der Waals surface area (Å²) in [7, 11) is 0. The predicted octanol–water partition coefficient (Wildman–Crippen LogP) is 2.21. The summed E-state index contributed by atoms with van der Waals surface area (Å²) < 4.78 is 0. The average Bonchev–Trinajstić information content (AvgIpc) is 2.83. The van der Waals surface area contributed by atoms with Crippen molar-refractivity contribution in [2.24, 2.45) is 0 Å². The summed E-state index contributed by atoms with van der Waals surface area (Å²) in [4.78, 5) is 27.6. The Bertz CT molecular complexity index is 602. The lowest BCUT2D eigenvalue weighted by Gasteiger charge is -2.25. The van der Waals surface area contributed by atoms with E-state index in [9.17, 15) is 14.9 Å². The molecule has 1 aromatic carbocycles. The molecule has 2 aliphatic heterocycles. The lowest BCUT2D eigenvalue weighted by atomic mass is 10.1. The molecule has 0 aromatic heterocycles. The molecule has 0 saturated carbocycles. The van der Waals surface area contributed by atoms with Crippen LogP contribution in [0.3, 0.4) is 0 Å². The summed E-state index contributed by atoms with van der Waals surface area (Å²) in [5.74, 6) is -0.00764. The number of rotatable bonds is 2. The lowest BCUT2D eigenvalue weighted by Crippen LogP contribution is -2.39. The molecule has 0 spiro atoms. The quantitative estimate of drug-likeness (QED) is 0.620. The number of nitrogens with zero attached hydrogens (tertiary/aromatic N) is 3. The minimum atomic E-state index is -0.411. The standard InChI is InChI=1S/C16H21N3O3/c1-12-10-13(5-6-15(12)19(21)22)16(20)18-9-3-8-17-7-2-4-14(17)11-18/h5-6,10,14H,2-4,7-9,11H2,1H3. The van der Waals surface area contributed by atoms with Crippen LogP contribution in [0.4, 0.5) is 5.69 Å². The first-order chi connectivity index (χ1) is 10.6. The van der Waals surface area contributed by atoms with E-state index in [1.54, 1.807) is 19.1 Å². The number of nitro groups is 1. The molecule has 118 valence electrons. The fraction of sp³-hybridized carbons (Fsp3) is 0.562. The second kappa shape index (κ2) is 6.04. The topological polar surface area (TPSA) is 66.7 Å². The number of hydrogen-bond acceptors (Lipinski definition) is 4. The first-order valence-corrected chi connectivity index (χ1v) is 7.84. The molecule has 2 heterocycles. The van der Waals surface area contributed by atoms with E-state index in [4.69, 9.17) is 0 Å². The van der Waals surface area contributed by atoms with Gasteiger partial charge < -0.3 is 4.90 Å². The van der Waals surface area contributed by atoms with E-state index in [1.165, 1.54) is 12.5 Å². The molecule has 1 aromatic rings. The Morgan fingerprint density at radius 2 is 2.05 bits per heavy atom. The molecule has 0 bridgehead atoms. The molecular weight excluding hydrogens is 282 g/mol. The zero-order valence-electron chi connectivity index (χ0n) is 12.8. The number of fused-ring (bicyclic) bond motifs is 1. The summed E-state index contributed by atoms with van der Waals surface area (Å²) in [6.45, 7) is 5.42. The first kappa shape index (κ1) is 15.0. The molecule has 3 rings (SSSR count). The van der Waals surface area contributed by atoms with Crippen molar-refractivity contribution in [3.63, 3.8) is 0 Å². The fourth-order valence-corrected chi connectivity index (χ4v) is 3.57. The van der Waals surface area contributed by atoms with E-state index in [2.05, 4.69) is 4.90 Å². The third kappa shape index (κ3) is 2.83. The van der Waals surface area contributed by atoms with Crippen LogP contribution in [0.5, 0.6) is 0 Å². The van der Waals surface area contributed by atoms with Crippen molar-refractivity contribution < 1.29 is 9.72 Å². The normalized spacial score (nSPS) is 22.2. The summed E-state index contributed by atoms with van der Waals surface area (Å²) in [6.07, 6.45) is 3.36. The molecule has 6 heteroatoms. The summed E-state index contributed by atoms with van der Waals surface area (Å²) in [5.41, 5.74) is 1.15. The number of nitro benzene ring substituents is 1. The van der Waals surface area contributed by atoms with E-state index in [1.807, 2.05) is 4.90 Å². The van der Waals surface area contributed by atoms with Crippen LogP contribution in [0.15, 0.2) is 18.2 Å². The van der Waals surface area contributed by atoms with E-state index >= 15 is 0 Å². The monoisotopic (exact) mass is 303 g/mol. The SMILES string of the molecule is Cc1cc(C(=O)N2CCCN3CCCC3C2)ccc1[N+](=O)[O-]. The molecule has 0 N–H and O–H groups in total. The third-order valence-corrected chi connectivity index (χ3v) is 4.73. The molecule has 2 aliphatic rings. The average molecular weight is 303 g/mol. The largest absolute Gasteiger partial charge is 0.337 e. The Morgan fingerprint density at radius 1 is 1.27 bits per heavy atom. The molecule has 6 nitrogen and oxygen atoms in total. The van der Waals surface area contributed by atoms with Crippen LogP contribution in [0.25, 0.3) is 0 Å². The smallest absolute Gasteiger partial charge is 0.272 e. The van der Waals surface area contributed by atoms with Crippen molar-refractivity contribution in [1.29, 1.82) is 0 Å². The molecule has 0 radical (unpaired) electrons. The van der Waals surface area contributed by atoms with Crippen LogP contribution in [0, 0.1) is 17.0 Å². The second-order valence-electron chi connectivity index (χ2n) is 6.20. The number of aryl methyl sites for hydroxylation is 1. The molecule has 1 unspecified atom stereocenters. The van der Waals surface area contributed by atoms with Gasteiger partial charge in [-0.05, 0) is 44.9 Å². The van der Waals surface area contributed by atoms with Gasteiger partial charge in [0.2, 0.25) is 0 Å². The Labute approximate surface area is 129 Å². The van der Waals surface area contributed by atoms with Gasteiger partial charge in [0.05, 0.1) is 4.92 Å². The van der Waals surface area contributed by atoms with E-state index < -0.39 is 4.92 Å². The summed E-state index contributed by atoms with van der Waals surface area (Å²) in [6, 6.07) is 5.12. The Morgan fingerprint density at radius 3 is 2.77 bits per heavy atom. The lowest BCUT2D eigenvalue weighted by molar-refractivity contribution is -0.385. The van der Waals surface area contributed by atoms with E-state index in [-0.39, 0.29) is 11.6 Å². The summed E-state index contributed by atoms with van der Waals surface area (Å²) in [5, 5.41) is 10.9. The van der Waals surface area contributed by atoms with Crippen LogP contribution in [-0.4, -0.2) is 52.9 Å². The van der Waals surface area contributed by atoms with Gasteiger partial charge in [-0.3, -0.25) is 19.8 Å². The van der Waals surface area contributed by atoms with Gasteiger partial charge >= 0.3 is 0 Å². The Balaban J connectivity index is 1.78. The number of amides is 1. The van der Waals surface area contributed by atoms with Crippen molar-refractivity contribution in [2.45, 2.75) is 32.2 Å². The van der Waals surface area contributed by atoms with Crippen LogP contribution in [0.1, 0.15) is 35.2 Å². The van der Waals surface area contributed by atoms with Crippen molar-refractivity contribution in [1.82, 2.24) is 9.80 Å². The van der Waals surface area contributed by atoms with E-state index in [0.717, 1.165) is 39.0 Å².